The van der Waals surface area contributed by atoms with Crippen LogP contribution < -0.4 is 4.74 Å². The molecule has 3 rings (SSSR count). The van der Waals surface area contributed by atoms with Crippen LogP contribution in [-0.2, 0) is 9.59 Å². The molecule has 2 fully saturated rings. The number of amides is 4. The Balaban J connectivity index is 1.51. The third-order valence-electron chi connectivity index (χ3n) is 4.63. The summed E-state index contributed by atoms with van der Waals surface area (Å²) in [5.41, 5.74) is 1.06. The number of nitrogens with zero attached hydrogens (tertiary/aromatic N) is 3. The monoisotopic (exact) mass is 331 g/mol. The van der Waals surface area contributed by atoms with E-state index in [1.807, 2.05) is 31.2 Å². The maximum Gasteiger partial charge on any atom is 0.326 e. The van der Waals surface area contributed by atoms with E-state index < -0.39 is 6.04 Å². The van der Waals surface area contributed by atoms with Crippen LogP contribution in [0.5, 0.6) is 5.75 Å². The second kappa shape index (κ2) is 6.14. The van der Waals surface area contributed by atoms with Gasteiger partial charge in [-0.2, -0.15) is 0 Å². The molecule has 0 aliphatic carbocycles. The fourth-order valence-electron chi connectivity index (χ4n) is 2.96. The lowest BCUT2D eigenvalue weighted by Gasteiger charge is -2.39. The topological polar surface area (TPSA) is 70.2 Å². The number of para-hydroxylation sites is 1. The van der Waals surface area contributed by atoms with E-state index in [2.05, 4.69) is 0 Å². The summed E-state index contributed by atoms with van der Waals surface area (Å²) in [6.07, 6.45) is -0.0148. The second-order valence-corrected chi connectivity index (χ2v) is 6.31. The number of imide groups is 1. The van der Waals surface area contributed by atoms with Crippen molar-refractivity contribution < 1.29 is 19.1 Å². The van der Waals surface area contributed by atoms with E-state index in [4.69, 9.17) is 4.74 Å². The molecule has 1 atom stereocenters. The predicted octanol–water partition coefficient (Wildman–Crippen LogP) is 0.867. The highest BCUT2D eigenvalue weighted by Gasteiger charge is 2.43. The lowest BCUT2D eigenvalue weighted by atomic mass is 10.1. The largest absolute Gasteiger partial charge is 0.486 e. The molecule has 1 aromatic carbocycles. The van der Waals surface area contributed by atoms with Gasteiger partial charge in [0, 0.05) is 14.1 Å². The zero-order valence-corrected chi connectivity index (χ0v) is 14.1. The highest BCUT2D eigenvalue weighted by molar-refractivity contribution is 6.05. The fraction of sp³-hybridized carbons (Fsp3) is 0.471. The zero-order valence-electron chi connectivity index (χ0n) is 14.1. The molecule has 0 N–H and O–H groups in total. The summed E-state index contributed by atoms with van der Waals surface area (Å²) in [6.45, 7) is 2.98. The van der Waals surface area contributed by atoms with Gasteiger partial charge < -0.3 is 14.5 Å². The minimum absolute atomic E-state index is 0.0164. The van der Waals surface area contributed by atoms with Crippen LogP contribution in [0.2, 0.25) is 0 Å². The molecule has 0 bridgehead atoms. The van der Waals surface area contributed by atoms with E-state index >= 15 is 0 Å². The average Bonchev–Trinajstić information content (AvgIpc) is 2.70. The second-order valence-electron chi connectivity index (χ2n) is 6.31. The molecule has 2 heterocycles. The highest BCUT2D eigenvalue weighted by atomic mass is 16.5. The summed E-state index contributed by atoms with van der Waals surface area (Å²) in [6, 6.07) is 6.68. The molecule has 2 saturated heterocycles. The van der Waals surface area contributed by atoms with E-state index in [1.54, 1.807) is 11.9 Å². The third kappa shape index (κ3) is 2.81. The molecular weight excluding hydrogens is 310 g/mol. The number of benzene rings is 1. The number of carbonyl (C=O) groups is 3. The summed E-state index contributed by atoms with van der Waals surface area (Å²) in [5, 5.41) is 0. The minimum Gasteiger partial charge on any atom is -0.486 e. The molecule has 24 heavy (non-hydrogen) atoms. The number of likely N-dealkylation sites (tertiary alicyclic amines) is 1. The Morgan fingerprint density at radius 3 is 2.46 bits per heavy atom. The highest BCUT2D eigenvalue weighted by Crippen LogP contribution is 2.23. The maximum atomic E-state index is 12.3. The summed E-state index contributed by atoms with van der Waals surface area (Å²) in [5.74, 6) is 0.365. The first-order chi connectivity index (χ1) is 11.4. The molecule has 128 valence electrons. The van der Waals surface area contributed by atoms with Crippen molar-refractivity contribution in [1.82, 2.24) is 14.7 Å². The van der Waals surface area contributed by atoms with Gasteiger partial charge >= 0.3 is 6.03 Å². The Hall–Kier alpha value is -2.57. The Bertz CT molecular complexity index is 684. The molecule has 4 amide bonds. The van der Waals surface area contributed by atoms with Crippen LogP contribution in [0.25, 0.3) is 0 Å². The predicted molar refractivity (Wildman–Crippen MR) is 86.5 cm³/mol. The van der Waals surface area contributed by atoms with Crippen molar-refractivity contribution in [2.24, 2.45) is 0 Å². The summed E-state index contributed by atoms with van der Waals surface area (Å²) in [7, 11) is 2.98. The van der Waals surface area contributed by atoms with Crippen LogP contribution in [0.15, 0.2) is 24.3 Å². The first-order valence-electron chi connectivity index (χ1n) is 7.93. The van der Waals surface area contributed by atoms with Crippen LogP contribution >= 0.6 is 0 Å². The standard InChI is InChI=1S/C17H21N3O4/c1-11-6-4-5-7-14(11)24-12-9-20(10-12)15(21)8-13-16(22)19(3)17(23)18(13)2/h4-7,12-13H,8-10H2,1-3H3. The number of carbonyl (C=O) groups excluding carboxylic acids is 3. The van der Waals surface area contributed by atoms with Gasteiger partial charge in [0.2, 0.25) is 5.91 Å². The van der Waals surface area contributed by atoms with E-state index in [1.165, 1.54) is 11.9 Å². The van der Waals surface area contributed by atoms with Gasteiger partial charge in [-0.05, 0) is 18.6 Å². The van der Waals surface area contributed by atoms with Crippen molar-refractivity contribution in [2.45, 2.75) is 25.5 Å². The molecule has 1 aromatic rings. The van der Waals surface area contributed by atoms with Crippen molar-refractivity contribution in [3.05, 3.63) is 29.8 Å². The Labute approximate surface area is 140 Å². The van der Waals surface area contributed by atoms with Gasteiger partial charge in [-0.1, -0.05) is 18.2 Å². The molecule has 7 nitrogen and oxygen atoms in total. The number of urea groups is 1. The number of ether oxygens (including phenoxy) is 1. The number of hydrogen-bond donors (Lipinski definition) is 0. The van der Waals surface area contributed by atoms with Gasteiger partial charge in [0.15, 0.2) is 0 Å². The Morgan fingerprint density at radius 1 is 1.21 bits per heavy atom. The smallest absolute Gasteiger partial charge is 0.326 e. The van der Waals surface area contributed by atoms with E-state index in [9.17, 15) is 14.4 Å². The summed E-state index contributed by atoms with van der Waals surface area (Å²) < 4.78 is 5.87. The van der Waals surface area contributed by atoms with E-state index in [0.717, 1.165) is 16.2 Å². The maximum absolute atomic E-state index is 12.3. The molecule has 2 aliphatic rings. The quantitative estimate of drug-likeness (QED) is 0.768. The molecule has 0 radical (unpaired) electrons. The van der Waals surface area contributed by atoms with Crippen molar-refractivity contribution >= 4 is 17.8 Å². The molecule has 0 saturated carbocycles. The number of rotatable bonds is 4. The van der Waals surface area contributed by atoms with Gasteiger partial charge in [-0.15, -0.1) is 0 Å². The minimum atomic E-state index is -0.702. The lowest BCUT2D eigenvalue weighted by molar-refractivity contribution is -0.143. The van der Waals surface area contributed by atoms with Gasteiger partial charge in [0.1, 0.15) is 17.9 Å². The van der Waals surface area contributed by atoms with Crippen molar-refractivity contribution in [2.75, 3.05) is 27.2 Å². The lowest BCUT2D eigenvalue weighted by Crippen LogP contribution is -2.57. The molecular formula is C17H21N3O4. The first kappa shape index (κ1) is 16.3. The fourth-order valence-corrected chi connectivity index (χ4v) is 2.96. The van der Waals surface area contributed by atoms with E-state index in [0.29, 0.717) is 13.1 Å². The van der Waals surface area contributed by atoms with Crippen molar-refractivity contribution in [3.8, 4) is 5.75 Å². The average molecular weight is 331 g/mol. The van der Waals surface area contributed by atoms with Crippen molar-refractivity contribution in [1.29, 1.82) is 0 Å². The SMILES string of the molecule is Cc1ccccc1OC1CN(C(=O)CC2C(=O)N(C)C(=O)N2C)C1. The molecule has 7 heteroatoms. The summed E-state index contributed by atoms with van der Waals surface area (Å²) >= 11 is 0. The molecule has 1 unspecified atom stereocenters. The Morgan fingerprint density at radius 2 is 1.88 bits per heavy atom. The Kier molecular flexibility index (Phi) is 4.17. The normalized spacial score (nSPS) is 21.3. The van der Waals surface area contributed by atoms with Crippen molar-refractivity contribution in [3.63, 3.8) is 0 Å². The summed E-state index contributed by atoms with van der Waals surface area (Å²) in [4.78, 5) is 40.1. The van der Waals surface area contributed by atoms with Crippen LogP contribution in [0, 0.1) is 6.92 Å². The van der Waals surface area contributed by atoms with Crippen LogP contribution in [0.4, 0.5) is 4.79 Å². The first-order valence-corrected chi connectivity index (χ1v) is 7.93. The zero-order chi connectivity index (χ0) is 17.4. The molecule has 2 aliphatic heterocycles. The van der Waals surface area contributed by atoms with Crippen LogP contribution in [-0.4, -0.2) is 71.9 Å². The van der Waals surface area contributed by atoms with Gasteiger partial charge in [-0.25, -0.2) is 4.79 Å². The third-order valence-corrected chi connectivity index (χ3v) is 4.63. The van der Waals surface area contributed by atoms with Gasteiger partial charge in [-0.3, -0.25) is 14.5 Å². The number of likely N-dealkylation sites (N-methyl/N-ethyl adjacent to an activating group) is 2. The van der Waals surface area contributed by atoms with Crippen LogP contribution in [0.1, 0.15) is 12.0 Å². The molecule has 0 aromatic heterocycles. The van der Waals surface area contributed by atoms with Crippen LogP contribution in [0.3, 0.4) is 0 Å². The number of hydrogen-bond acceptors (Lipinski definition) is 4. The molecule has 0 spiro atoms. The number of aryl methyl sites for hydroxylation is 1. The van der Waals surface area contributed by atoms with Gasteiger partial charge in [0.25, 0.3) is 5.91 Å². The van der Waals surface area contributed by atoms with Gasteiger partial charge in [0.05, 0.1) is 19.5 Å². The van der Waals surface area contributed by atoms with E-state index in [-0.39, 0.29) is 30.4 Å².